The van der Waals surface area contributed by atoms with Crippen LogP contribution >= 0.6 is 0 Å². The first-order chi connectivity index (χ1) is 11.6. The van der Waals surface area contributed by atoms with Crippen LogP contribution in [0.2, 0.25) is 0 Å². The number of nitriles is 1. The molecule has 0 fully saturated rings. The van der Waals surface area contributed by atoms with E-state index in [1.165, 1.54) is 0 Å². The monoisotopic (exact) mass is 323 g/mol. The van der Waals surface area contributed by atoms with Crippen LogP contribution in [0.1, 0.15) is 16.7 Å². The first-order valence-corrected chi connectivity index (χ1v) is 7.33. The smallest absolute Gasteiger partial charge is 0.276 e. The van der Waals surface area contributed by atoms with Gasteiger partial charge in [0, 0.05) is 0 Å². The minimum Gasteiger partial charge on any atom is -0.484 e. The summed E-state index contributed by atoms with van der Waals surface area (Å²) >= 11 is 0. The van der Waals surface area contributed by atoms with Gasteiger partial charge >= 0.3 is 0 Å². The Morgan fingerprint density at radius 2 is 1.71 bits per heavy atom. The fourth-order valence-electron chi connectivity index (χ4n) is 1.98. The number of benzene rings is 2. The molecule has 6 nitrogen and oxygen atoms in total. The van der Waals surface area contributed by atoms with Crippen LogP contribution in [0.5, 0.6) is 5.75 Å². The zero-order valence-electron chi connectivity index (χ0n) is 13.2. The Morgan fingerprint density at radius 3 is 2.38 bits per heavy atom. The normalized spacial score (nSPS) is 9.67. The lowest BCUT2D eigenvalue weighted by Crippen LogP contribution is -2.44. The molecule has 6 heteroatoms. The summed E-state index contributed by atoms with van der Waals surface area (Å²) in [7, 11) is 0. The van der Waals surface area contributed by atoms with Gasteiger partial charge in [0.2, 0.25) is 5.91 Å². The number of nitrogens with one attached hydrogen (secondary N) is 2. The molecule has 122 valence electrons. The summed E-state index contributed by atoms with van der Waals surface area (Å²) in [6.45, 7) is 1.68. The highest BCUT2D eigenvalue weighted by atomic mass is 16.5. The number of aryl methyl sites for hydroxylation is 1. The molecule has 0 saturated heterocycles. The number of amides is 2. The number of hydrazine groups is 1. The zero-order chi connectivity index (χ0) is 17.4. The van der Waals surface area contributed by atoms with Crippen LogP contribution < -0.4 is 15.6 Å². The van der Waals surface area contributed by atoms with Gasteiger partial charge in [0.1, 0.15) is 5.75 Å². The summed E-state index contributed by atoms with van der Waals surface area (Å²) in [4.78, 5) is 23.5. The van der Waals surface area contributed by atoms with Gasteiger partial charge in [0.05, 0.1) is 18.1 Å². The summed E-state index contributed by atoms with van der Waals surface area (Å²) in [5.74, 6) is -0.316. The number of carbonyl (C=O) groups excluding carboxylic acids is 2. The highest BCUT2D eigenvalue weighted by Crippen LogP contribution is 2.11. The zero-order valence-corrected chi connectivity index (χ0v) is 13.2. The first kappa shape index (κ1) is 17.0. The highest BCUT2D eigenvalue weighted by Gasteiger charge is 2.08. The Bertz CT molecular complexity index is 764. The molecule has 2 aromatic rings. The van der Waals surface area contributed by atoms with Crippen molar-refractivity contribution >= 4 is 11.8 Å². The molecule has 0 atom stereocenters. The number of hydrogen-bond acceptors (Lipinski definition) is 4. The van der Waals surface area contributed by atoms with Crippen molar-refractivity contribution in [3.63, 3.8) is 0 Å². The van der Waals surface area contributed by atoms with Gasteiger partial charge in [-0.05, 0) is 42.3 Å². The summed E-state index contributed by atoms with van der Waals surface area (Å²) in [6.07, 6.45) is 0.184. The maximum absolute atomic E-state index is 11.8. The molecule has 2 aromatic carbocycles. The molecule has 2 amide bonds. The van der Waals surface area contributed by atoms with Crippen LogP contribution in [0.4, 0.5) is 0 Å². The van der Waals surface area contributed by atoms with Gasteiger partial charge in [-0.3, -0.25) is 20.4 Å². The molecule has 0 aliphatic heterocycles. The number of nitrogens with zero attached hydrogens (tertiary/aromatic N) is 1. The molecule has 0 unspecified atom stereocenters. The van der Waals surface area contributed by atoms with Gasteiger partial charge in [0.15, 0.2) is 6.61 Å². The molecule has 0 radical (unpaired) electrons. The maximum atomic E-state index is 11.8. The fourth-order valence-corrected chi connectivity index (χ4v) is 1.98. The van der Waals surface area contributed by atoms with Gasteiger partial charge in [-0.2, -0.15) is 5.26 Å². The van der Waals surface area contributed by atoms with E-state index in [0.717, 1.165) is 11.1 Å². The number of ether oxygens (including phenoxy) is 1. The van der Waals surface area contributed by atoms with Gasteiger partial charge in [-0.1, -0.05) is 24.3 Å². The molecule has 24 heavy (non-hydrogen) atoms. The topological polar surface area (TPSA) is 91.2 Å². The molecule has 2 N–H and O–H groups in total. The molecule has 0 bridgehead atoms. The quantitative estimate of drug-likeness (QED) is 0.818. The Hall–Kier alpha value is -3.33. The molecule has 0 saturated carbocycles. The first-order valence-electron chi connectivity index (χ1n) is 7.33. The molecule has 0 aliphatic carbocycles. The van der Waals surface area contributed by atoms with Crippen LogP contribution in [0.15, 0.2) is 48.5 Å². The second kappa shape index (κ2) is 8.34. The van der Waals surface area contributed by atoms with Crippen LogP contribution in [-0.4, -0.2) is 18.4 Å². The van der Waals surface area contributed by atoms with E-state index in [4.69, 9.17) is 10.00 Å². The van der Waals surface area contributed by atoms with Crippen LogP contribution in [0.25, 0.3) is 0 Å². The lowest BCUT2D eigenvalue weighted by molar-refractivity contribution is -0.129. The minimum atomic E-state index is -0.475. The van der Waals surface area contributed by atoms with E-state index < -0.39 is 5.91 Å². The van der Waals surface area contributed by atoms with Gasteiger partial charge in [-0.25, -0.2) is 0 Å². The SMILES string of the molecule is Cc1ccccc1CC(=O)NNC(=O)COc1ccc(C#N)cc1. The van der Waals surface area contributed by atoms with Crippen molar-refractivity contribution in [2.24, 2.45) is 0 Å². The predicted octanol–water partition coefficient (Wildman–Crippen LogP) is 1.64. The molecular formula is C18H17N3O3. The van der Waals surface area contributed by atoms with Crippen molar-refractivity contribution < 1.29 is 14.3 Å². The largest absolute Gasteiger partial charge is 0.484 e. The van der Waals surface area contributed by atoms with Crippen molar-refractivity contribution in [2.45, 2.75) is 13.3 Å². The summed E-state index contributed by atoms with van der Waals surface area (Å²) in [5.41, 5.74) is 7.08. The van der Waals surface area contributed by atoms with Gasteiger partial charge in [-0.15, -0.1) is 0 Å². The van der Waals surface area contributed by atoms with Crippen molar-refractivity contribution in [1.82, 2.24) is 10.9 Å². The second-order valence-corrected chi connectivity index (χ2v) is 5.12. The van der Waals surface area contributed by atoms with Crippen molar-refractivity contribution in [3.8, 4) is 11.8 Å². The van der Waals surface area contributed by atoms with Crippen LogP contribution in [-0.2, 0) is 16.0 Å². The van der Waals surface area contributed by atoms with Crippen molar-refractivity contribution in [3.05, 3.63) is 65.2 Å². The van der Waals surface area contributed by atoms with E-state index in [9.17, 15) is 9.59 Å². The molecule has 0 spiro atoms. The number of carbonyl (C=O) groups is 2. The average molecular weight is 323 g/mol. The minimum absolute atomic E-state index is 0.184. The third kappa shape index (κ3) is 5.14. The second-order valence-electron chi connectivity index (χ2n) is 5.12. The average Bonchev–Trinajstić information content (AvgIpc) is 2.60. The van der Waals surface area contributed by atoms with Gasteiger partial charge < -0.3 is 4.74 Å². The Balaban J connectivity index is 1.73. The third-order valence-corrected chi connectivity index (χ3v) is 3.31. The summed E-state index contributed by atoms with van der Waals surface area (Å²) in [5, 5.41) is 8.70. The maximum Gasteiger partial charge on any atom is 0.276 e. The van der Waals surface area contributed by atoms with E-state index in [1.54, 1.807) is 24.3 Å². The van der Waals surface area contributed by atoms with E-state index in [2.05, 4.69) is 10.9 Å². The third-order valence-electron chi connectivity index (χ3n) is 3.31. The molecule has 2 rings (SSSR count). The van der Waals surface area contributed by atoms with E-state index in [0.29, 0.717) is 11.3 Å². The summed E-state index contributed by atoms with van der Waals surface area (Å²) in [6, 6.07) is 15.9. The molecule has 0 heterocycles. The fraction of sp³-hybridized carbons (Fsp3) is 0.167. The molecule has 0 aromatic heterocycles. The number of rotatable bonds is 5. The van der Waals surface area contributed by atoms with Crippen LogP contribution in [0, 0.1) is 18.3 Å². The number of hydrogen-bond donors (Lipinski definition) is 2. The lowest BCUT2D eigenvalue weighted by Gasteiger charge is -2.09. The molecule has 0 aliphatic rings. The lowest BCUT2D eigenvalue weighted by atomic mass is 10.1. The summed E-state index contributed by atoms with van der Waals surface area (Å²) < 4.78 is 5.26. The molecular weight excluding hydrogens is 306 g/mol. The van der Waals surface area contributed by atoms with E-state index >= 15 is 0 Å². The van der Waals surface area contributed by atoms with Crippen molar-refractivity contribution in [1.29, 1.82) is 5.26 Å². The predicted molar refractivity (Wildman–Crippen MR) is 87.8 cm³/mol. The Morgan fingerprint density at radius 1 is 1.04 bits per heavy atom. The van der Waals surface area contributed by atoms with E-state index in [1.807, 2.05) is 37.3 Å². The standard InChI is InChI=1S/C18H17N3O3/c1-13-4-2-3-5-15(13)10-17(22)20-21-18(23)12-24-16-8-6-14(11-19)7-9-16/h2-9H,10,12H2,1H3,(H,20,22)(H,21,23). The van der Waals surface area contributed by atoms with E-state index in [-0.39, 0.29) is 18.9 Å². The Kier molecular flexibility index (Phi) is 5.92. The highest BCUT2D eigenvalue weighted by molar-refractivity contribution is 5.84. The van der Waals surface area contributed by atoms with Crippen LogP contribution in [0.3, 0.4) is 0 Å². The van der Waals surface area contributed by atoms with Crippen molar-refractivity contribution in [2.75, 3.05) is 6.61 Å². The Labute approximate surface area is 140 Å². The van der Waals surface area contributed by atoms with Gasteiger partial charge in [0.25, 0.3) is 5.91 Å².